The van der Waals surface area contributed by atoms with Crippen LogP contribution in [0.3, 0.4) is 0 Å². The summed E-state index contributed by atoms with van der Waals surface area (Å²) in [7, 11) is 0. The molecular formula is C18H11F2N3O2. The van der Waals surface area contributed by atoms with E-state index in [1.807, 2.05) is 0 Å². The lowest BCUT2D eigenvalue weighted by Gasteiger charge is -2.11. The maximum absolute atomic E-state index is 13.8. The molecule has 124 valence electrons. The van der Waals surface area contributed by atoms with Gasteiger partial charge in [0.1, 0.15) is 23.6 Å². The fraction of sp³-hybridized carbons (Fsp3) is 0.0556. The predicted molar refractivity (Wildman–Crippen MR) is 87.6 cm³/mol. The van der Waals surface area contributed by atoms with E-state index in [0.29, 0.717) is 16.6 Å². The summed E-state index contributed by atoms with van der Waals surface area (Å²) in [6.45, 7) is -0.417. The Morgan fingerprint density at radius 2 is 1.92 bits per heavy atom. The van der Waals surface area contributed by atoms with E-state index in [9.17, 15) is 18.4 Å². The zero-order chi connectivity index (χ0) is 17.6. The number of ketones is 1. The van der Waals surface area contributed by atoms with Crippen LogP contribution < -0.4 is 5.56 Å². The van der Waals surface area contributed by atoms with Crippen molar-refractivity contribution in [3.8, 4) is 0 Å². The molecule has 0 radical (unpaired) electrons. The number of aromatic nitrogens is 3. The summed E-state index contributed by atoms with van der Waals surface area (Å²) in [5.74, 6) is -2.24. The van der Waals surface area contributed by atoms with Gasteiger partial charge in [0.05, 0.1) is 29.2 Å². The molecule has 0 N–H and O–H groups in total. The van der Waals surface area contributed by atoms with Gasteiger partial charge in [-0.3, -0.25) is 18.6 Å². The smallest absolute Gasteiger partial charge is 0.262 e. The molecule has 0 saturated carbocycles. The van der Waals surface area contributed by atoms with Gasteiger partial charge < -0.3 is 0 Å². The first-order valence-electron chi connectivity index (χ1n) is 7.48. The number of benzene rings is 2. The van der Waals surface area contributed by atoms with Crippen molar-refractivity contribution in [2.45, 2.75) is 6.54 Å². The Morgan fingerprint density at radius 3 is 2.76 bits per heavy atom. The zero-order valence-corrected chi connectivity index (χ0v) is 12.8. The fourth-order valence-corrected chi connectivity index (χ4v) is 2.88. The van der Waals surface area contributed by atoms with Crippen molar-refractivity contribution >= 4 is 22.3 Å². The highest BCUT2D eigenvalue weighted by atomic mass is 19.1. The molecule has 0 aliphatic heterocycles. The molecule has 2 aromatic heterocycles. The second-order valence-electron chi connectivity index (χ2n) is 5.58. The van der Waals surface area contributed by atoms with E-state index in [2.05, 4.69) is 4.98 Å². The molecular weight excluding hydrogens is 328 g/mol. The first-order chi connectivity index (χ1) is 12.1. The van der Waals surface area contributed by atoms with Crippen LogP contribution in [0.4, 0.5) is 8.78 Å². The lowest BCUT2D eigenvalue weighted by molar-refractivity contribution is 0.0967. The molecule has 2 aromatic carbocycles. The first kappa shape index (κ1) is 15.2. The third-order valence-electron chi connectivity index (χ3n) is 4.07. The van der Waals surface area contributed by atoms with Gasteiger partial charge in [-0.1, -0.05) is 12.1 Å². The summed E-state index contributed by atoms with van der Waals surface area (Å²) in [6.07, 6.45) is 2.98. The predicted octanol–water partition coefficient (Wildman–Crippen LogP) is 2.81. The van der Waals surface area contributed by atoms with E-state index in [0.717, 1.165) is 18.2 Å². The third kappa shape index (κ3) is 2.40. The van der Waals surface area contributed by atoms with E-state index < -0.39 is 35.1 Å². The number of carbonyl (C=O) groups is 1. The number of rotatable bonds is 3. The van der Waals surface area contributed by atoms with Crippen LogP contribution >= 0.6 is 0 Å². The highest BCUT2D eigenvalue weighted by Crippen LogP contribution is 2.15. The zero-order valence-electron chi connectivity index (χ0n) is 12.8. The minimum absolute atomic E-state index is 0.391. The molecule has 7 heteroatoms. The molecule has 25 heavy (non-hydrogen) atoms. The number of hydrogen-bond acceptors (Lipinski definition) is 3. The second-order valence-corrected chi connectivity index (χ2v) is 5.58. The van der Waals surface area contributed by atoms with Crippen molar-refractivity contribution in [2.24, 2.45) is 0 Å². The molecule has 0 bridgehead atoms. The number of carbonyl (C=O) groups excluding carboxylic acids is 1. The van der Waals surface area contributed by atoms with Crippen molar-refractivity contribution in [1.29, 1.82) is 0 Å². The second kappa shape index (κ2) is 5.62. The summed E-state index contributed by atoms with van der Waals surface area (Å²) in [6, 6.07) is 9.56. The van der Waals surface area contributed by atoms with Gasteiger partial charge in [0.15, 0.2) is 5.78 Å². The van der Waals surface area contributed by atoms with Crippen molar-refractivity contribution in [1.82, 2.24) is 14.0 Å². The normalized spacial score (nSPS) is 11.3. The number of nitrogens with zero attached hydrogens (tertiary/aromatic N) is 3. The molecule has 0 fully saturated rings. The molecule has 0 aliphatic carbocycles. The Balaban J connectivity index is 1.90. The molecule has 2 heterocycles. The molecule has 4 aromatic rings. The number of hydrogen-bond donors (Lipinski definition) is 0. The van der Waals surface area contributed by atoms with E-state index in [-0.39, 0.29) is 0 Å². The third-order valence-corrected chi connectivity index (χ3v) is 4.07. The van der Waals surface area contributed by atoms with Crippen molar-refractivity contribution < 1.29 is 13.6 Å². The van der Waals surface area contributed by atoms with E-state index in [1.54, 1.807) is 28.7 Å². The van der Waals surface area contributed by atoms with Gasteiger partial charge in [-0.25, -0.2) is 13.8 Å². The van der Waals surface area contributed by atoms with Crippen LogP contribution in [0.1, 0.15) is 10.4 Å². The van der Waals surface area contributed by atoms with Gasteiger partial charge in [-0.15, -0.1) is 0 Å². The quantitative estimate of drug-likeness (QED) is 0.539. The van der Waals surface area contributed by atoms with Crippen molar-refractivity contribution in [3.05, 3.63) is 82.5 Å². The topological polar surface area (TPSA) is 56.4 Å². The van der Waals surface area contributed by atoms with Crippen molar-refractivity contribution in [2.75, 3.05) is 0 Å². The number of fused-ring (bicyclic) bond motifs is 3. The summed E-state index contributed by atoms with van der Waals surface area (Å²) in [4.78, 5) is 29.2. The number of para-hydroxylation sites is 1. The summed E-state index contributed by atoms with van der Waals surface area (Å²) in [5, 5.41) is 0.403. The molecule has 0 saturated heterocycles. The molecule has 0 spiro atoms. The Kier molecular flexibility index (Phi) is 3.42. The van der Waals surface area contributed by atoms with Gasteiger partial charge in [-0.05, 0) is 30.3 Å². The number of Topliss-reactive ketones (excluding diaryl/α,β-unsaturated/α-hetero) is 1. The van der Waals surface area contributed by atoms with Crippen LogP contribution in [-0.2, 0) is 6.54 Å². The highest BCUT2D eigenvalue weighted by Gasteiger charge is 2.17. The average Bonchev–Trinajstić information content (AvgIpc) is 3.10. The Bertz CT molecular complexity index is 1190. The monoisotopic (exact) mass is 339 g/mol. The van der Waals surface area contributed by atoms with E-state index in [4.69, 9.17) is 0 Å². The van der Waals surface area contributed by atoms with E-state index in [1.165, 1.54) is 17.1 Å². The minimum Gasteiger partial charge on any atom is -0.292 e. The van der Waals surface area contributed by atoms with Gasteiger partial charge in [0.2, 0.25) is 0 Å². The molecule has 4 rings (SSSR count). The molecule has 0 amide bonds. The van der Waals surface area contributed by atoms with Gasteiger partial charge in [-0.2, -0.15) is 0 Å². The van der Waals surface area contributed by atoms with Crippen LogP contribution in [0.2, 0.25) is 0 Å². The summed E-state index contributed by atoms with van der Waals surface area (Å²) in [5.41, 5.74) is 0.265. The molecule has 5 nitrogen and oxygen atoms in total. The highest BCUT2D eigenvalue weighted by molar-refractivity contribution is 5.96. The van der Waals surface area contributed by atoms with Crippen LogP contribution in [0.25, 0.3) is 16.6 Å². The maximum Gasteiger partial charge on any atom is 0.262 e. The summed E-state index contributed by atoms with van der Waals surface area (Å²) >= 11 is 0. The number of imidazole rings is 1. The SMILES string of the molecule is O=C(Cn1c(=O)c2ccccc2n2cncc12)c1cc(F)ccc1F. The van der Waals surface area contributed by atoms with Gasteiger partial charge >= 0.3 is 0 Å². The molecule has 0 unspecified atom stereocenters. The Hall–Kier alpha value is -3.35. The Labute approximate surface area is 139 Å². The lowest BCUT2D eigenvalue weighted by Crippen LogP contribution is -2.26. The number of halogens is 2. The van der Waals surface area contributed by atoms with Crippen LogP contribution in [0, 0.1) is 11.6 Å². The van der Waals surface area contributed by atoms with Crippen LogP contribution in [0.5, 0.6) is 0 Å². The van der Waals surface area contributed by atoms with Crippen LogP contribution in [0.15, 0.2) is 59.8 Å². The average molecular weight is 339 g/mol. The van der Waals surface area contributed by atoms with Crippen molar-refractivity contribution in [3.63, 3.8) is 0 Å². The minimum atomic E-state index is -0.829. The molecule has 0 aliphatic rings. The Morgan fingerprint density at radius 1 is 1.12 bits per heavy atom. The standard InChI is InChI=1S/C18H11F2N3O2/c19-11-5-6-14(20)13(7-11)16(24)9-22-17-8-21-10-23(17)15-4-2-1-3-12(15)18(22)25/h1-8,10H,9H2. The van der Waals surface area contributed by atoms with Gasteiger partial charge in [0, 0.05) is 0 Å². The molecule has 0 atom stereocenters. The first-order valence-corrected chi connectivity index (χ1v) is 7.48. The fourth-order valence-electron chi connectivity index (χ4n) is 2.88. The largest absolute Gasteiger partial charge is 0.292 e. The van der Waals surface area contributed by atoms with E-state index >= 15 is 0 Å². The van der Waals surface area contributed by atoms with Crippen LogP contribution in [-0.4, -0.2) is 19.7 Å². The van der Waals surface area contributed by atoms with Gasteiger partial charge in [0.25, 0.3) is 5.56 Å². The lowest BCUT2D eigenvalue weighted by atomic mass is 10.1. The summed E-state index contributed by atoms with van der Waals surface area (Å²) < 4.78 is 30.1. The maximum atomic E-state index is 13.8.